The van der Waals surface area contributed by atoms with E-state index in [2.05, 4.69) is 22.3 Å². The summed E-state index contributed by atoms with van der Waals surface area (Å²) in [6.45, 7) is 0.842. The molecule has 26 heavy (non-hydrogen) atoms. The van der Waals surface area contributed by atoms with Crippen molar-refractivity contribution in [2.24, 2.45) is 0 Å². The molecule has 134 valence electrons. The van der Waals surface area contributed by atoms with E-state index in [4.69, 9.17) is 4.74 Å². The summed E-state index contributed by atoms with van der Waals surface area (Å²) >= 11 is 1.65. The Kier molecular flexibility index (Phi) is 5.32. The van der Waals surface area contributed by atoms with Gasteiger partial charge in [0.15, 0.2) is 5.16 Å². The fourth-order valence-electron chi connectivity index (χ4n) is 3.08. The summed E-state index contributed by atoms with van der Waals surface area (Å²) in [5.41, 5.74) is 2.04. The van der Waals surface area contributed by atoms with Crippen LogP contribution < -0.4 is 0 Å². The molecule has 0 spiro atoms. The number of halogens is 1. The van der Waals surface area contributed by atoms with Crippen LogP contribution in [0.15, 0.2) is 59.8 Å². The van der Waals surface area contributed by atoms with Crippen molar-refractivity contribution in [1.29, 1.82) is 0 Å². The van der Waals surface area contributed by atoms with E-state index < -0.39 is 0 Å². The van der Waals surface area contributed by atoms with Crippen LogP contribution in [0.25, 0.3) is 5.69 Å². The minimum atomic E-state index is -0.250. The lowest BCUT2D eigenvalue weighted by Gasteiger charge is -2.12. The smallest absolute Gasteiger partial charge is 0.195 e. The maximum Gasteiger partial charge on any atom is 0.195 e. The molecule has 1 aliphatic heterocycles. The zero-order chi connectivity index (χ0) is 17.8. The van der Waals surface area contributed by atoms with Gasteiger partial charge in [0.25, 0.3) is 0 Å². The quantitative estimate of drug-likeness (QED) is 0.609. The molecule has 0 unspecified atom stereocenters. The molecule has 1 atom stereocenters. The van der Waals surface area contributed by atoms with Crippen molar-refractivity contribution in [1.82, 2.24) is 14.8 Å². The second kappa shape index (κ2) is 8.01. The highest BCUT2D eigenvalue weighted by Crippen LogP contribution is 2.26. The van der Waals surface area contributed by atoms with Crippen LogP contribution in [0.3, 0.4) is 0 Å². The summed E-state index contributed by atoms with van der Waals surface area (Å²) in [7, 11) is 0. The third-order valence-electron chi connectivity index (χ3n) is 4.41. The molecule has 0 bridgehead atoms. The van der Waals surface area contributed by atoms with Gasteiger partial charge in [0.2, 0.25) is 0 Å². The Hall–Kier alpha value is -2.18. The zero-order valence-corrected chi connectivity index (χ0v) is 15.2. The zero-order valence-electron chi connectivity index (χ0n) is 14.3. The molecule has 1 aliphatic rings. The first-order valence-electron chi connectivity index (χ1n) is 8.78. The Bertz CT molecular complexity index is 845. The summed E-state index contributed by atoms with van der Waals surface area (Å²) in [5, 5.41) is 9.63. The molecule has 0 radical (unpaired) electrons. The maximum absolute atomic E-state index is 13.4. The molecule has 3 aromatic rings. The molecule has 0 saturated carbocycles. The van der Waals surface area contributed by atoms with Gasteiger partial charge < -0.3 is 4.74 Å². The minimum Gasteiger partial charge on any atom is -0.377 e. The number of hydrogen-bond acceptors (Lipinski definition) is 4. The van der Waals surface area contributed by atoms with Crippen LogP contribution in [-0.4, -0.2) is 33.2 Å². The van der Waals surface area contributed by atoms with Crippen molar-refractivity contribution in [2.75, 3.05) is 12.4 Å². The molecule has 4 rings (SSSR count). The van der Waals surface area contributed by atoms with Crippen LogP contribution in [0.1, 0.15) is 24.2 Å². The predicted octanol–water partition coefficient (Wildman–Crippen LogP) is 4.27. The standard InChI is InChI=1S/C20H20FN3OS/c21-16-8-10-17(11-9-16)24-19(13-15-5-2-1-3-6-15)22-23-20(24)26-14-18-7-4-12-25-18/h1-3,5-6,8-11,18H,4,7,12-14H2/t18-/m0/s1. The molecule has 1 aromatic heterocycles. The van der Waals surface area contributed by atoms with Crippen LogP contribution in [0.4, 0.5) is 4.39 Å². The minimum absolute atomic E-state index is 0.250. The number of hydrogen-bond donors (Lipinski definition) is 0. The highest BCUT2D eigenvalue weighted by atomic mass is 32.2. The lowest BCUT2D eigenvalue weighted by atomic mass is 10.1. The van der Waals surface area contributed by atoms with Gasteiger partial charge in [-0.2, -0.15) is 0 Å². The molecule has 2 heterocycles. The summed E-state index contributed by atoms with van der Waals surface area (Å²) in [6.07, 6.45) is 3.16. The van der Waals surface area contributed by atoms with Crippen LogP contribution in [-0.2, 0) is 11.2 Å². The first-order valence-corrected chi connectivity index (χ1v) is 9.77. The second-order valence-electron chi connectivity index (χ2n) is 6.32. The first-order chi connectivity index (χ1) is 12.8. The van der Waals surface area contributed by atoms with Crippen LogP contribution in [0.5, 0.6) is 0 Å². The van der Waals surface area contributed by atoms with Crippen molar-refractivity contribution in [3.05, 3.63) is 71.8 Å². The van der Waals surface area contributed by atoms with E-state index >= 15 is 0 Å². The molecule has 4 nitrogen and oxygen atoms in total. The summed E-state index contributed by atoms with van der Waals surface area (Å²) in [6, 6.07) is 16.6. The van der Waals surface area contributed by atoms with Gasteiger partial charge in [0.1, 0.15) is 11.6 Å². The van der Waals surface area contributed by atoms with Crippen molar-refractivity contribution < 1.29 is 9.13 Å². The largest absolute Gasteiger partial charge is 0.377 e. The Morgan fingerprint density at radius 3 is 2.62 bits per heavy atom. The molecule has 6 heteroatoms. The predicted molar refractivity (Wildman–Crippen MR) is 100 cm³/mol. The van der Waals surface area contributed by atoms with Gasteiger partial charge >= 0.3 is 0 Å². The van der Waals surface area contributed by atoms with E-state index in [1.54, 1.807) is 23.9 Å². The molecule has 0 amide bonds. The molecule has 1 saturated heterocycles. The number of nitrogens with zero attached hydrogens (tertiary/aromatic N) is 3. The monoisotopic (exact) mass is 369 g/mol. The van der Waals surface area contributed by atoms with Crippen LogP contribution in [0.2, 0.25) is 0 Å². The molecule has 0 N–H and O–H groups in total. The highest BCUT2D eigenvalue weighted by molar-refractivity contribution is 7.99. The van der Waals surface area contributed by atoms with Crippen molar-refractivity contribution in [3.63, 3.8) is 0 Å². The average Bonchev–Trinajstić information content (AvgIpc) is 3.32. The van der Waals surface area contributed by atoms with Crippen molar-refractivity contribution >= 4 is 11.8 Å². The number of ether oxygens (including phenoxy) is 1. The third-order valence-corrected chi connectivity index (χ3v) is 5.47. The molecular weight excluding hydrogens is 349 g/mol. The number of aromatic nitrogens is 3. The van der Waals surface area contributed by atoms with Gasteiger partial charge in [0.05, 0.1) is 6.10 Å². The Balaban J connectivity index is 1.63. The number of benzene rings is 2. The fraction of sp³-hybridized carbons (Fsp3) is 0.300. The summed E-state index contributed by atoms with van der Waals surface area (Å²) in [4.78, 5) is 0. The average molecular weight is 369 g/mol. The Labute approximate surface area is 156 Å². The first kappa shape index (κ1) is 17.2. The second-order valence-corrected chi connectivity index (χ2v) is 7.31. The molecule has 2 aromatic carbocycles. The third kappa shape index (κ3) is 3.97. The fourth-order valence-corrected chi connectivity index (χ4v) is 4.12. The normalized spacial score (nSPS) is 16.9. The lowest BCUT2D eigenvalue weighted by Crippen LogP contribution is -2.09. The van der Waals surface area contributed by atoms with Gasteiger partial charge in [-0.1, -0.05) is 42.1 Å². The molecule has 0 aliphatic carbocycles. The van der Waals surface area contributed by atoms with E-state index in [0.29, 0.717) is 6.42 Å². The number of thioether (sulfide) groups is 1. The van der Waals surface area contributed by atoms with Crippen molar-refractivity contribution in [2.45, 2.75) is 30.5 Å². The van der Waals surface area contributed by atoms with E-state index in [1.807, 2.05) is 22.8 Å². The van der Waals surface area contributed by atoms with E-state index in [0.717, 1.165) is 41.9 Å². The van der Waals surface area contributed by atoms with E-state index in [1.165, 1.54) is 17.7 Å². The van der Waals surface area contributed by atoms with Crippen molar-refractivity contribution in [3.8, 4) is 5.69 Å². The van der Waals surface area contributed by atoms with Gasteiger partial charge in [-0.3, -0.25) is 4.57 Å². The van der Waals surface area contributed by atoms with Gasteiger partial charge in [-0.15, -0.1) is 10.2 Å². The summed E-state index contributed by atoms with van der Waals surface area (Å²) < 4.78 is 21.1. The van der Waals surface area contributed by atoms with E-state index in [-0.39, 0.29) is 11.9 Å². The van der Waals surface area contributed by atoms with E-state index in [9.17, 15) is 4.39 Å². The summed E-state index contributed by atoms with van der Waals surface area (Å²) in [5.74, 6) is 1.45. The highest BCUT2D eigenvalue weighted by Gasteiger charge is 2.20. The molecular formula is C20H20FN3OS. The van der Waals surface area contributed by atoms with Crippen LogP contribution in [0, 0.1) is 5.82 Å². The Morgan fingerprint density at radius 1 is 1.08 bits per heavy atom. The van der Waals surface area contributed by atoms with Gasteiger partial charge in [0, 0.05) is 24.5 Å². The topological polar surface area (TPSA) is 39.9 Å². The van der Waals surface area contributed by atoms with Gasteiger partial charge in [-0.25, -0.2) is 4.39 Å². The maximum atomic E-state index is 13.4. The van der Waals surface area contributed by atoms with Gasteiger partial charge in [-0.05, 0) is 42.7 Å². The molecule has 1 fully saturated rings. The Morgan fingerprint density at radius 2 is 1.88 bits per heavy atom. The lowest BCUT2D eigenvalue weighted by molar-refractivity contribution is 0.129. The van der Waals surface area contributed by atoms with Crippen LogP contribution >= 0.6 is 11.8 Å². The SMILES string of the molecule is Fc1ccc(-n2c(Cc3ccccc3)nnc2SC[C@@H]2CCCO2)cc1. The number of rotatable bonds is 6.